The molecule has 1 N–H and O–H groups in total. The van der Waals surface area contributed by atoms with Crippen molar-refractivity contribution in [3.8, 4) is 5.69 Å². The van der Waals surface area contributed by atoms with Crippen LogP contribution in [-0.4, -0.2) is 26.1 Å². The lowest BCUT2D eigenvalue weighted by Crippen LogP contribution is -1.97. The molecule has 0 atom stereocenters. The molecule has 7 heteroatoms. The summed E-state index contributed by atoms with van der Waals surface area (Å²) in [6.45, 7) is 0. The number of benzene rings is 1. The first-order valence-corrected chi connectivity index (χ1v) is 6.32. The third kappa shape index (κ3) is 3.08. The third-order valence-electron chi connectivity index (χ3n) is 2.29. The summed E-state index contributed by atoms with van der Waals surface area (Å²) in [4.78, 5) is 10.5. The average Bonchev–Trinajstić information content (AvgIpc) is 2.75. The summed E-state index contributed by atoms with van der Waals surface area (Å²) >= 11 is 9.41. The summed E-state index contributed by atoms with van der Waals surface area (Å²) in [5.74, 6) is -0.855. The monoisotopic (exact) mass is 329 g/mol. The maximum Gasteiger partial charge on any atom is 0.303 e. The van der Waals surface area contributed by atoms with Gasteiger partial charge in [0.15, 0.2) is 0 Å². The molecular formula is C11H9BrClN3O2. The van der Waals surface area contributed by atoms with E-state index in [2.05, 4.69) is 26.2 Å². The molecule has 0 aliphatic rings. The molecule has 0 saturated carbocycles. The highest BCUT2D eigenvalue weighted by atomic mass is 79.9. The van der Waals surface area contributed by atoms with Crippen LogP contribution >= 0.6 is 27.5 Å². The van der Waals surface area contributed by atoms with Gasteiger partial charge in [0, 0.05) is 10.9 Å². The maximum atomic E-state index is 10.5. The second-order valence-corrected chi connectivity index (χ2v) is 4.97. The van der Waals surface area contributed by atoms with Crippen molar-refractivity contribution in [3.63, 3.8) is 0 Å². The fourth-order valence-corrected chi connectivity index (χ4v) is 2.19. The Morgan fingerprint density at radius 1 is 1.50 bits per heavy atom. The Kier molecular flexibility index (Phi) is 3.98. The van der Waals surface area contributed by atoms with Crippen LogP contribution in [0.5, 0.6) is 0 Å². The zero-order chi connectivity index (χ0) is 13.1. The average molecular weight is 331 g/mol. The van der Waals surface area contributed by atoms with Crippen molar-refractivity contribution in [2.24, 2.45) is 0 Å². The number of halogens is 2. The Hall–Kier alpha value is -1.40. The van der Waals surface area contributed by atoms with Crippen LogP contribution in [0.3, 0.4) is 0 Å². The molecule has 1 heterocycles. The van der Waals surface area contributed by atoms with Gasteiger partial charge < -0.3 is 5.11 Å². The molecule has 0 bridgehead atoms. The number of rotatable bonds is 4. The predicted molar refractivity (Wildman–Crippen MR) is 70.0 cm³/mol. The zero-order valence-corrected chi connectivity index (χ0v) is 11.5. The minimum Gasteiger partial charge on any atom is -0.481 e. The van der Waals surface area contributed by atoms with Gasteiger partial charge >= 0.3 is 5.97 Å². The van der Waals surface area contributed by atoms with Gasteiger partial charge in [0.1, 0.15) is 0 Å². The van der Waals surface area contributed by atoms with Crippen LogP contribution in [0.25, 0.3) is 5.69 Å². The molecule has 0 unspecified atom stereocenters. The molecule has 94 valence electrons. The number of carboxylic acids is 1. The molecule has 18 heavy (non-hydrogen) atoms. The van der Waals surface area contributed by atoms with Gasteiger partial charge in [0.25, 0.3) is 0 Å². The zero-order valence-electron chi connectivity index (χ0n) is 9.18. The Balaban J connectivity index is 2.21. The van der Waals surface area contributed by atoms with Gasteiger partial charge in [-0.25, -0.2) is 4.68 Å². The van der Waals surface area contributed by atoms with Gasteiger partial charge in [-0.05, 0) is 18.2 Å². The van der Waals surface area contributed by atoms with Crippen LogP contribution in [0.2, 0.25) is 5.02 Å². The van der Waals surface area contributed by atoms with Gasteiger partial charge in [-0.15, -0.1) is 5.10 Å². The normalized spacial score (nSPS) is 10.6. The quantitative estimate of drug-likeness (QED) is 0.936. The molecule has 1 aromatic heterocycles. The SMILES string of the molecule is O=C(O)CCc1cn(-c2ccc(Br)cc2Cl)nn1. The van der Waals surface area contributed by atoms with Crippen molar-refractivity contribution < 1.29 is 9.90 Å². The number of aromatic nitrogens is 3. The maximum absolute atomic E-state index is 10.5. The van der Waals surface area contributed by atoms with Crippen LogP contribution < -0.4 is 0 Å². The number of aryl methyl sites for hydroxylation is 1. The second kappa shape index (κ2) is 5.49. The molecule has 0 saturated heterocycles. The van der Waals surface area contributed by atoms with E-state index in [9.17, 15) is 4.79 Å². The van der Waals surface area contributed by atoms with Crippen molar-refractivity contribution in [3.05, 3.63) is 39.6 Å². The minimum atomic E-state index is -0.855. The Morgan fingerprint density at radius 2 is 2.28 bits per heavy atom. The second-order valence-electron chi connectivity index (χ2n) is 3.64. The number of nitrogens with zero attached hydrogens (tertiary/aromatic N) is 3. The summed E-state index contributed by atoms with van der Waals surface area (Å²) in [5, 5.41) is 17.0. The van der Waals surface area contributed by atoms with Gasteiger partial charge in [-0.2, -0.15) is 0 Å². The molecule has 0 aliphatic heterocycles. The molecule has 0 spiro atoms. The van der Waals surface area contributed by atoms with Gasteiger partial charge in [0.05, 0.1) is 29.0 Å². The van der Waals surface area contributed by atoms with Gasteiger partial charge in [-0.1, -0.05) is 32.7 Å². The Morgan fingerprint density at radius 3 is 2.94 bits per heavy atom. The van der Waals surface area contributed by atoms with Gasteiger partial charge in [0.2, 0.25) is 0 Å². The molecule has 2 rings (SSSR count). The van der Waals surface area contributed by atoms with Gasteiger partial charge in [-0.3, -0.25) is 4.79 Å². The first-order valence-electron chi connectivity index (χ1n) is 5.14. The van der Waals surface area contributed by atoms with Crippen molar-refractivity contribution in [1.29, 1.82) is 0 Å². The van der Waals surface area contributed by atoms with Crippen LogP contribution in [0.15, 0.2) is 28.9 Å². The van der Waals surface area contributed by atoms with Crippen molar-refractivity contribution >= 4 is 33.5 Å². The topological polar surface area (TPSA) is 68.0 Å². The number of aliphatic carboxylic acids is 1. The molecule has 2 aromatic rings. The van der Waals surface area contributed by atoms with E-state index in [-0.39, 0.29) is 6.42 Å². The first-order chi connectivity index (χ1) is 8.56. The summed E-state index contributed by atoms with van der Waals surface area (Å²) in [5.41, 5.74) is 1.32. The van der Waals surface area contributed by atoms with E-state index in [1.165, 1.54) is 4.68 Å². The van der Waals surface area contributed by atoms with E-state index in [4.69, 9.17) is 16.7 Å². The lowest BCUT2D eigenvalue weighted by Gasteiger charge is -2.02. The fourth-order valence-electron chi connectivity index (χ4n) is 1.43. The predicted octanol–water partition coefficient (Wildman–Crippen LogP) is 2.70. The van der Waals surface area contributed by atoms with E-state index in [0.29, 0.717) is 22.8 Å². The van der Waals surface area contributed by atoms with E-state index in [0.717, 1.165) is 4.47 Å². The van der Waals surface area contributed by atoms with E-state index in [1.54, 1.807) is 12.3 Å². The smallest absolute Gasteiger partial charge is 0.303 e. The molecular weight excluding hydrogens is 321 g/mol. The highest BCUT2D eigenvalue weighted by molar-refractivity contribution is 9.10. The highest BCUT2D eigenvalue weighted by Gasteiger charge is 2.08. The lowest BCUT2D eigenvalue weighted by molar-refractivity contribution is -0.136. The molecule has 0 fully saturated rings. The summed E-state index contributed by atoms with van der Waals surface area (Å²) in [6, 6.07) is 5.41. The molecule has 0 radical (unpaired) electrons. The number of carbonyl (C=O) groups is 1. The number of hydrogen-bond donors (Lipinski definition) is 1. The Bertz CT molecular complexity index is 585. The summed E-state index contributed by atoms with van der Waals surface area (Å²) in [6.07, 6.45) is 2.06. The minimum absolute atomic E-state index is 0.0345. The van der Waals surface area contributed by atoms with Crippen LogP contribution in [0.1, 0.15) is 12.1 Å². The lowest BCUT2D eigenvalue weighted by atomic mass is 10.2. The highest BCUT2D eigenvalue weighted by Crippen LogP contribution is 2.24. The third-order valence-corrected chi connectivity index (χ3v) is 3.09. The van der Waals surface area contributed by atoms with Crippen molar-refractivity contribution in [1.82, 2.24) is 15.0 Å². The molecule has 1 aromatic carbocycles. The summed E-state index contributed by atoms with van der Waals surface area (Å²) in [7, 11) is 0. The van der Waals surface area contributed by atoms with Crippen molar-refractivity contribution in [2.75, 3.05) is 0 Å². The standard InChI is InChI=1S/C11H9BrClN3O2/c12-7-1-3-10(9(13)5-7)16-6-8(14-15-16)2-4-11(17)18/h1,3,5-6H,2,4H2,(H,17,18). The number of carboxylic acid groups (broad SMARTS) is 1. The molecule has 0 aliphatic carbocycles. The summed E-state index contributed by atoms with van der Waals surface area (Å²) < 4.78 is 2.41. The fraction of sp³-hybridized carbons (Fsp3) is 0.182. The van der Waals surface area contributed by atoms with Crippen LogP contribution in [-0.2, 0) is 11.2 Å². The largest absolute Gasteiger partial charge is 0.481 e. The van der Waals surface area contributed by atoms with Crippen molar-refractivity contribution in [2.45, 2.75) is 12.8 Å². The molecule has 0 amide bonds. The van der Waals surface area contributed by atoms with Crippen LogP contribution in [0.4, 0.5) is 0 Å². The van der Waals surface area contributed by atoms with E-state index < -0.39 is 5.97 Å². The number of hydrogen-bond acceptors (Lipinski definition) is 3. The first kappa shape index (κ1) is 13.0. The molecule has 5 nitrogen and oxygen atoms in total. The van der Waals surface area contributed by atoms with E-state index in [1.807, 2.05) is 12.1 Å². The van der Waals surface area contributed by atoms with Crippen LogP contribution in [0, 0.1) is 0 Å². The Labute approximate surface area is 117 Å². The van der Waals surface area contributed by atoms with E-state index >= 15 is 0 Å².